The Balaban J connectivity index is 2.38. The Bertz CT molecular complexity index is 2070. The van der Waals surface area contributed by atoms with Crippen molar-refractivity contribution in [2.75, 3.05) is 0 Å². The molecule has 3 aromatic rings. The van der Waals surface area contributed by atoms with Gasteiger partial charge in [0.05, 0.1) is 33.4 Å². The zero-order valence-electron chi connectivity index (χ0n) is 22.4. The molecule has 0 amide bonds. The fourth-order valence-electron chi connectivity index (χ4n) is 4.55. The summed E-state index contributed by atoms with van der Waals surface area (Å²) in [5, 5.41) is 55.4. The lowest BCUT2D eigenvalue weighted by Gasteiger charge is -2.09. The van der Waals surface area contributed by atoms with E-state index in [2.05, 4.69) is 0 Å². The van der Waals surface area contributed by atoms with E-state index >= 15 is 26.3 Å². The molecule has 0 saturated heterocycles. The van der Waals surface area contributed by atoms with Crippen LogP contribution in [0.2, 0.25) is 0 Å². The molecule has 3 aromatic carbocycles. The second-order valence-electron chi connectivity index (χ2n) is 9.04. The Labute approximate surface area is 261 Å². The fraction of sp³-hybridized carbons (Fsp3) is 0. The molecule has 0 aliphatic heterocycles. The van der Waals surface area contributed by atoms with E-state index in [-0.39, 0.29) is 0 Å². The van der Waals surface area contributed by atoms with Gasteiger partial charge in [-0.05, 0) is 0 Å². The van der Waals surface area contributed by atoms with Crippen molar-refractivity contribution in [3.63, 3.8) is 0 Å². The van der Waals surface area contributed by atoms with Gasteiger partial charge in [0.15, 0.2) is 58.2 Å². The van der Waals surface area contributed by atoms with E-state index in [4.69, 9.17) is 15.8 Å². The van der Waals surface area contributed by atoms with Gasteiger partial charge in [0.25, 0.3) is 0 Å². The molecule has 0 radical (unpaired) electrons. The first-order valence-electron chi connectivity index (χ1n) is 12.0. The van der Waals surface area contributed by atoms with Crippen LogP contribution in [0.15, 0.2) is 16.7 Å². The molecular weight excluding hydrogens is 684 g/mol. The number of rotatable bonds is 3. The van der Waals surface area contributed by atoms with Crippen molar-refractivity contribution in [1.82, 2.24) is 0 Å². The van der Waals surface area contributed by atoms with E-state index in [1.807, 2.05) is 0 Å². The van der Waals surface area contributed by atoms with Crippen molar-refractivity contribution < 1.29 is 48.3 Å². The van der Waals surface area contributed by atoms with Gasteiger partial charge in [0.2, 0.25) is 0 Å². The Morgan fingerprint density at radius 3 is 0.812 bits per heavy atom. The first-order chi connectivity index (χ1) is 22.6. The molecule has 1 fully saturated rings. The van der Waals surface area contributed by atoms with Crippen LogP contribution in [0.1, 0.15) is 33.4 Å². The number of hydrogen-bond acceptors (Lipinski definition) is 6. The lowest BCUT2D eigenvalue weighted by molar-refractivity contribution is 0.446. The fourth-order valence-corrected chi connectivity index (χ4v) is 4.89. The summed E-state index contributed by atoms with van der Waals surface area (Å²) in [5.74, 6) is -25.8. The topological polar surface area (TPSA) is 143 Å². The molecule has 234 valence electrons. The highest BCUT2D eigenvalue weighted by molar-refractivity contribution is 7.27. The molecule has 0 bridgehead atoms. The highest BCUT2D eigenvalue weighted by Crippen LogP contribution is 2.57. The maximum absolute atomic E-state index is 15.4. The first kappa shape index (κ1) is 34.4. The molecule has 1 unspecified atom stereocenters. The van der Waals surface area contributed by atoms with E-state index in [0.29, 0.717) is 0 Å². The summed E-state index contributed by atoms with van der Waals surface area (Å²) in [6, 6.07) is 5.88. The summed E-state index contributed by atoms with van der Waals surface area (Å²) in [7, 11) is 1.49. The number of nitrogens with zero attached hydrogens (tertiary/aromatic N) is 6. The number of benzene rings is 3. The Morgan fingerprint density at radius 1 is 0.354 bits per heavy atom. The number of allylic oxidation sites excluding steroid dienone is 6. The van der Waals surface area contributed by atoms with Crippen LogP contribution in [0.3, 0.4) is 0 Å². The quantitative estimate of drug-likeness (QED) is 0.132. The average molecular weight is 686 g/mol. The summed E-state index contributed by atoms with van der Waals surface area (Å²) < 4.78 is 164. The third-order valence-electron chi connectivity index (χ3n) is 6.74. The minimum Gasteiger partial charge on any atom is -0.205 e. The Hall–Kier alpha value is -6.52. The molecule has 1 aliphatic rings. The SMILES string of the molecule is N#CC(=C1C(=C(\C#N)c2c(F)c(F)c(C#N)c(F)c2F)/C1=C(\C#N)c1c(F)c(F)c(C#N)c(F)c1F)c1c(F)c(F)c(C#N)c(P)c1F. The molecule has 1 aliphatic carbocycles. The Morgan fingerprint density at radius 2 is 0.583 bits per heavy atom. The Kier molecular flexibility index (Phi) is 8.84. The van der Waals surface area contributed by atoms with E-state index < -0.39 is 136 Å². The van der Waals surface area contributed by atoms with Gasteiger partial charge in [-0.1, -0.05) is 0 Å². The predicted molar refractivity (Wildman–Crippen MR) is 140 cm³/mol. The molecule has 1 atom stereocenters. The number of hydrogen-bond donors (Lipinski definition) is 0. The van der Waals surface area contributed by atoms with Crippen LogP contribution < -0.4 is 5.30 Å². The molecule has 48 heavy (non-hydrogen) atoms. The lowest BCUT2D eigenvalue weighted by atomic mass is 9.99. The second kappa shape index (κ2) is 12.3. The zero-order chi connectivity index (χ0) is 36.1. The van der Waals surface area contributed by atoms with Crippen LogP contribution >= 0.6 is 9.24 Å². The minimum absolute atomic E-state index is 0.799. The maximum Gasteiger partial charge on any atom is 0.180 e. The van der Waals surface area contributed by atoms with Gasteiger partial charge in [0, 0.05) is 22.0 Å². The van der Waals surface area contributed by atoms with Crippen molar-refractivity contribution in [3.8, 4) is 36.4 Å². The monoisotopic (exact) mass is 686 g/mol. The standard InChI is InChI=1S/C30H2F11N6P/c31-19-10(4-45)20(32)25(37)16(24(19)36)7(1-42)13-14(8(2-43)17-26(38)21(33)11(5-46)22(34)27(17)39)15(13)9(3-44)18-28(40)23(35)12(6-47)30(48)29(18)41/h48H2/b13-7-,14-8+,15-9?. The van der Waals surface area contributed by atoms with Gasteiger partial charge in [0.1, 0.15) is 58.9 Å². The average Bonchev–Trinajstić information content (AvgIpc) is 3.78. The molecule has 0 N–H and O–H groups in total. The molecule has 18 heteroatoms. The molecule has 6 nitrogen and oxygen atoms in total. The first-order valence-corrected chi connectivity index (χ1v) is 12.5. The molecular formula is C30H2F11N6P. The molecule has 4 rings (SSSR count). The van der Waals surface area contributed by atoms with Crippen LogP contribution in [-0.2, 0) is 0 Å². The normalized spacial score (nSPS) is 14.9. The van der Waals surface area contributed by atoms with Gasteiger partial charge in [-0.15, -0.1) is 9.24 Å². The molecule has 0 aromatic heterocycles. The summed E-state index contributed by atoms with van der Waals surface area (Å²) in [6.07, 6.45) is 0. The highest BCUT2D eigenvalue weighted by Gasteiger charge is 2.46. The molecule has 0 heterocycles. The molecule has 1 saturated carbocycles. The summed E-state index contributed by atoms with van der Waals surface area (Å²) in [5.41, 5.74) is -19.5. The summed E-state index contributed by atoms with van der Waals surface area (Å²) in [6.45, 7) is 0. The van der Waals surface area contributed by atoms with Gasteiger partial charge < -0.3 is 0 Å². The van der Waals surface area contributed by atoms with Crippen LogP contribution in [0.25, 0.3) is 16.7 Å². The number of nitriles is 6. The number of halogens is 11. The minimum atomic E-state index is -2.47. The third kappa shape index (κ3) is 4.70. The van der Waals surface area contributed by atoms with Gasteiger partial charge in [-0.3, -0.25) is 0 Å². The van der Waals surface area contributed by atoms with E-state index in [1.54, 1.807) is 0 Å². The largest absolute Gasteiger partial charge is 0.205 e. The van der Waals surface area contributed by atoms with E-state index in [1.165, 1.54) is 9.24 Å². The van der Waals surface area contributed by atoms with Crippen molar-refractivity contribution in [2.24, 2.45) is 0 Å². The van der Waals surface area contributed by atoms with Crippen LogP contribution in [0, 0.1) is 132 Å². The molecule has 0 spiro atoms. The maximum atomic E-state index is 15.4. The van der Waals surface area contributed by atoms with Gasteiger partial charge >= 0.3 is 0 Å². The third-order valence-corrected chi connectivity index (χ3v) is 7.28. The smallest absolute Gasteiger partial charge is 0.180 e. The van der Waals surface area contributed by atoms with Gasteiger partial charge in [-0.25, -0.2) is 48.3 Å². The van der Waals surface area contributed by atoms with Crippen molar-refractivity contribution >= 4 is 31.3 Å². The van der Waals surface area contributed by atoms with Crippen LogP contribution in [-0.4, -0.2) is 0 Å². The zero-order valence-corrected chi connectivity index (χ0v) is 23.6. The van der Waals surface area contributed by atoms with Crippen LogP contribution in [0.4, 0.5) is 48.3 Å². The highest BCUT2D eigenvalue weighted by atomic mass is 31.0. The second-order valence-corrected chi connectivity index (χ2v) is 9.62. The van der Waals surface area contributed by atoms with Crippen molar-refractivity contribution in [1.29, 1.82) is 31.6 Å². The van der Waals surface area contributed by atoms with E-state index in [0.717, 1.165) is 36.4 Å². The van der Waals surface area contributed by atoms with Crippen molar-refractivity contribution in [3.05, 3.63) is 114 Å². The van der Waals surface area contributed by atoms with Crippen LogP contribution in [0.5, 0.6) is 0 Å². The van der Waals surface area contributed by atoms with E-state index in [9.17, 15) is 37.7 Å². The predicted octanol–water partition coefficient (Wildman–Crippen LogP) is 6.58. The summed E-state index contributed by atoms with van der Waals surface area (Å²) in [4.78, 5) is 0. The van der Waals surface area contributed by atoms with Gasteiger partial charge in [-0.2, -0.15) is 31.6 Å². The summed E-state index contributed by atoms with van der Waals surface area (Å²) >= 11 is 0. The lowest BCUT2D eigenvalue weighted by Crippen LogP contribution is -2.14. The van der Waals surface area contributed by atoms with Crippen molar-refractivity contribution in [2.45, 2.75) is 0 Å².